The number of aromatic nitrogens is 3. The maximum absolute atomic E-state index is 14.0. The van der Waals surface area contributed by atoms with Crippen LogP contribution in [0.4, 0.5) is 4.39 Å². The third kappa shape index (κ3) is 2.25. The zero-order valence-corrected chi connectivity index (χ0v) is 11.5. The van der Waals surface area contributed by atoms with Gasteiger partial charge in [0, 0.05) is 12.7 Å². The maximum atomic E-state index is 14.0. The van der Waals surface area contributed by atoms with E-state index in [2.05, 4.69) is 23.0 Å². The number of imidazole rings is 1. The molecule has 0 spiro atoms. The summed E-state index contributed by atoms with van der Waals surface area (Å²) in [6.45, 7) is 2.79. The van der Waals surface area contributed by atoms with Crippen LogP contribution in [0.25, 0.3) is 22.4 Å². The second-order valence-electron chi connectivity index (χ2n) is 4.76. The minimum atomic E-state index is -0.398. The van der Waals surface area contributed by atoms with Crippen molar-refractivity contribution >= 4 is 11.0 Å². The van der Waals surface area contributed by atoms with E-state index in [0.717, 1.165) is 18.5 Å². The summed E-state index contributed by atoms with van der Waals surface area (Å²) in [5, 5.41) is 8.98. The molecular weight excluding hydrogens is 267 g/mol. The monoisotopic (exact) mass is 280 g/mol. The number of pyridine rings is 1. The summed E-state index contributed by atoms with van der Waals surface area (Å²) in [6, 6.07) is 9.06. The first kappa shape index (κ1) is 13.3. The van der Waals surface area contributed by atoms with Crippen molar-refractivity contribution < 1.29 is 4.39 Å². The minimum absolute atomic E-state index is 0.398. The standard InChI is InChI=1S/C16H13FN4/c1-2-7-21-15-4-3-11(9-18)8-14(15)20-16(21)12-5-6-19-10-13(12)17/h3-6,8,10H,2,7H2,1H3. The summed E-state index contributed by atoms with van der Waals surface area (Å²) in [7, 11) is 0. The van der Waals surface area contributed by atoms with Crippen LogP contribution in [0.15, 0.2) is 36.7 Å². The van der Waals surface area contributed by atoms with Gasteiger partial charge in [0.15, 0.2) is 5.82 Å². The van der Waals surface area contributed by atoms with Crippen LogP contribution in [-0.2, 0) is 6.54 Å². The van der Waals surface area contributed by atoms with Gasteiger partial charge in [-0.05, 0) is 30.7 Å². The molecule has 0 bridgehead atoms. The Bertz CT molecular complexity index is 845. The summed E-state index contributed by atoms with van der Waals surface area (Å²) in [6.07, 6.45) is 3.64. The van der Waals surface area contributed by atoms with Gasteiger partial charge >= 0.3 is 0 Å². The Balaban J connectivity index is 2.29. The first-order chi connectivity index (χ1) is 10.2. The number of halogens is 1. The van der Waals surface area contributed by atoms with Crippen molar-refractivity contribution in [2.75, 3.05) is 0 Å². The zero-order valence-electron chi connectivity index (χ0n) is 11.5. The topological polar surface area (TPSA) is 54.5 Å². The smallest absolute Gasteiger partial charge is 0.152 e. The predicted molar refractivity (Wildman–Crippen MR) is 77.9 cm³/mol. The molecule has 0 aliphatic heterocycles. The predicted octanol–water partition coefficient (Wildman–Crippen LogP) is 3.52. The van der Waals surface area contributed by atoms with Gasteiger partial charge < -0.3 is 4.57 Å². The van der Waals surface area contributed by atoms with Gasteiger partial charge in [0.25, 0.3) is 0 Å². The molecule has 4 nitrogen and oxygen atoms in total. The van der Waals surface area contributed by atoms with Crippen LogP contribution in [0.2, 0.25) is 0 Å². The molecule has 2 aromatic heterocycles. The van der Waals surface area contributed by atoms with Gasteiger partial charge in [-0.1, -0.05) is 6.92 Å². The molecule has 3 aromatic rings. The number of rotatable bonds is 3. The molecule has 104 valence electrons. The van der Waals surface area contributed by atoms with Crippen molar-refractivity contribution in [2.24, 2.45) is 0 Å². The number of hydrogen-bond acceptors (Lipinski definition) is 3. The molecule has 0 saturated heterocycles. The number of fused-ring (bicyclic) bond motifs is 1. The molecule has 0 fully saturated rings. The largest absolute Gasteiger partial charge is 0.324 e. The van der Waals surface area contributed by atoms with E-state index < -0.39 is 5.82 Å². The highest BCUT2D eigenvalue weighted by Crippen LogP contribution is 2.27. The quantitative estimate of drug-likeness (QED) is 0.737. The van der Waals surface area contributed by atoms with E-state index in [4.69, 9.17) is 5.26 Å². The third-order valence-electron chi connectivity index (χ3n) is 3.34. The van der Waals surface area contributed by atoms with Crippen LogP contribution in [-0.4, -0.2) is 14.5 Å². The van der Waals surface area contributed by atoms with Crippen molar-refractivity contribution in [3.8, 4) is 17.5 Å². The molecule has 5 heteroatoms. The number of benzene rings is 1. The summed E-state index contributed by atoms with van der Waals surface area (Å²) in [5.74, 6) is 0.174. The van der Waals surface area contributed by atoms with Crippen LogP contribution in [0.3, 0.4) is 0 Å². The van der Waals surface area contributed by atoms with E-state index in [0.29, 0.717) is 22.5 Å². The highest BCUT2D eigenvalue weighted by Gasteiger charge is 2.15. The number of aryl methyl sites for hydroxylation is 1. The molecule has 0 saturated carbocycles. The zero-order chi connectivity index (χ0) is 14.8. The van der Waals surface area contributed by atoms with Crippen LogP contribution in [0, 0.1) is 17.1 Å². The lowest BCUT2D eigenvalue weighted by Crippen LogP contribution is -2.01. The van der Waals surface area contributed by atoms with Crippen molar-refractivity contribution in [3.63, 3.8) is 0 Å². The van der Waals surface area contributed by atoms with Crippen LogP contribution in [0.5, 0.6) is 0 Å². The molecule has 0 unspecified atom stereocenters. The number of nitriles is 1. The lowest BCUT2D eigenvalue weighted by atomic mass is 10.2. The molecular formula is C16H13FN4. The molecule has 0 atom stereocenters. The Hall–Kier alpha value is -2.74. The third-order valence-corrected chi connectivity index (χ3v) is 3.34. The Morgan fingerprint density at radius 3 is 2.90 bits per heavy atom. The van der Waals surface area contributed by atoms with Crippen LogP contribution >= 0.6 is 0 Å². The van der Waals surface area contributed by atoms with Crippen LogP contribution in [0.1, 0.15) is 18.9 Å². The Labute approximate surface area is 121 Å². The summed E-state index contributed by atoms with van der Waals surface area (Å²) in [5.41, 5.74) is 2.58. The maximum Gasteiger partial charge on any atom is 0.152 e. The molecule has 0 amide bonds. The summed E-state index contributed by atoms with van der Waals surface area (Å²) in [4.78, 5) is 8.29. The average molecular weight is 280 g/mol. The van der Waals surface area contributed by atoms with Crippen molar-refractivity contribution in [3.05, 3.63) is 48.0 Å². The van der Waals surface area contributed by atoms with Gasteiger partial charge in [-0.15, -0.1) is 0 Å². The lowest BCUT2D eigenvalue weighted by Gasteiger charge is -2.08. The first-order valence-electron chi connectivity index (χ1n) is 6.75. The van der Waals surface area contributed by atoms with Gasteiger partial charge in [0.1, 0.15) is 5.82 Å². The highest BCUT2D eigenvalue weighted by molar-refractivity contribution is 5.82. The fourth-order valence-corrected chi connectivity index (χ4v) is 2.41. The lowest BCUT2D eigenvalue weighted by molar-refractivity contribution is 0.619. The Morgan fingerprint density at radius 1 is 1.33 bits per heavy atom. The van der Waals surface area contributed by atoms with E-state index in [1.807, 2.05) is 10.6 Å². The first-order valence-corrected chi connectivity index (χ1v) is 6.75. The molecule has 0 aliphatic rings. The van der Waals surface area contributed by atoms with E-state index in [1.165, 1.54) is 6.20 Å². The van der Waals surface area contributed by atoms with Gasteiger partial charge in [-0.25, -0.2) is 9.37 Å². The van der Waals surface area contributed by atoms with Gasteiger partial charge in [-0.2, -0.15) is 5.26 Å². The summed E-state index contributed by atoms with van der Waals surface area (Å²) >= 11 is 0. The molecule has 3 rings (SSSR count). The van der Waals surface area contributed by atoms with E-state index in [-0.39, 0.29) is 0 Å². The highest BCUT2D eigenvalue weighted by atomic mass is 19.1. The average Bonchev–Trinajstić information content (AvgIpc) is 2.86. The fourth-order valence-electron chi connectivity index (χ4n) is 2.41. The molecule has 2 heterocycles. The van der Waals surface area contributed by atoms with Crippen molar-refractivity contribution in [1.82, 2.24) is 14.5 Å². The van der Waals surface area contributed by atoms with E-state index in [1.54, 1.807) is 24.4 Å². The van der Waals surface area contributed by atoms with Gasteiger partial charge in [-0.3, -0.25) is 4.98 Å². The Kier molecular flexibility index (Phi) is 3.36. The van der Waals surface area contributed by atoms with Crippen molar-refractivity contribution in [1.29, 1.82) is 5.26 Å². The number of nitrogens with zero attached hydrogens (tertiary/aromatic N) is 4. The summed E-state index contributed by atoms with van der Waals surface area (Å²) < 4.78 is 16.0. The molecule has 0 aliphatic carbocycles. The van der Waals surface area contributed by atoms with Crippen molar-refractivity contribution in [2.45, 2.75) is 19.9 Å². The van der Waals surface area contributed by atoms with Gasteiger partial charge in [0.2, 0.25) is 0 Å². The minimum Gasteiger partial charge on any atom is -0.324 e. The molecule has 21 heavy (non-hydrogen) atoms. The molecule has 1 aromatic carbocycles. The second kappa shape index (κ2) is 5.33. The SMILES string of the molecule is CCCn1c(-c2ccncc2F)nc2cc(C#N)ccc21. The van der Waals surface area contributed by atoms with Gasteiger partial charge in [0.05, 0.1) is 34.4 Å². The molecule has 0 radical (unpaired) electrons. The van der Waals surface area contributed by atoms with E-state index in [9.17, 15) is 4.39 Å². The fraction of sp³-hybridized carbons (Fsp3) is 0.188. The van der Waals surface area contributed by atoms with Crippen LogP contribution < -0.4 is 0 Å². The second-order valence-corrected chi connectivity index (χ2v) is 4.76. The number of hydrogen-bond donors (Lipinski definition) is 0. The van der Waals surface area contributed by atoms with E-state index >= 15 is 0 Å². The Morgan fingerprint density at radius 2 is 2.19 bits per heavy atom. The molecule has 0 N–H and O–H groups in total. The normalized spacial score (nSPS) is 10.7.